The SMILES string of the molecule is C=C1C[C@H](C)C[C@@H]2CC=C[C@@H](CC=CC(=O)O[C@H]([C@H](C=C[C@@H]3CC(C)=CCO3)OC(C)=O)C[C@@H]3O[C@H]3[C@@H](O)C1)O2. The zero-order chi connectivity index (χ0) is 28.6. The maximum atomic E-state index is 12.9. The second kappa shape index (κ2) is 14.4. The number of hydrogen-bond acceptors (Lipinski definition) is 8. The summed E-state index contributed by atoms with van der Waals surface area (Å²) in [6.45, 7) is 10.3. The molecule has 8 nitrogen and oxygen atoms in total. The summed E-state index contributed by atoms with van der Waals surface area (Å²) in [5, 5.41) is 10.9. The third-order valence-corrected chi connectivity index (χ3v) is 7.72. The fraction of sp³-hybridized carbons (Fsp3) is 0.625. The van der Waals surface area contributed by atoms with Crippen LogP contribution in [0.3, 0.4) is 0 Å². The first-order valence-electron chi connectivity index (χ1n) is 14.5. The predicted molar refractivity (Wildman–Crippen MR) is 150 cm³/mol. The van der Waals surface area contributed by atoms with Crippen LogP contribution in [0.5, 0.6) is 0 Å². The Morgan fingerprint density at radius 1 is 1.18 bits per heavy atom. The molecule has 9 atom stereocenters. The largest absolute Gasteiger partial charge is 0.455 e. The number of ether oxygens (including phenoxy) is 5. The van der Waals surface area contributed by atoms with Gasteiger partial charge in [-0.15, -0.1) is 0 Å². The second-order valence-electron chi connectivity index (χ2n) is 11.6. The van der Waals surface area contributed by atoms with Gasteiger partial charge in [0.15, 0.2) is 6.10 Å². The van der Waals surface area contributed by atoms with Crippen molar-refractivity contribution in [1.82, 2.24) is 0 Å². The van der Waals surface area contributed by atoms with Crippen molar-refractivity contribution < 1.29 is 38.4 Å². The highest BCUT2D eigenvalue weighted by atomic mass is 16.6. The molecule has 1 fully saturated rings. The maximum absolute atomic E-state index is 12.9. The van der Waals surface area contributed by atoms with E-state index >= 15 is 0 Å². The second-order valence-corrected chi connectivity index (χ2v) is 11.6. The van der Waals surface area contributed by atoms with Gasteiger partial charge in [0.1, 0.15) is 12.2 Å². The van der Waals surface area contributed by atoms with Crippen molar-refractivity contribution in [2.45, 2.75) is 115 Å². The molecule has 0 aromatic rings. The fourth-order valence-corrected chi connectivity index (χ4v) is 5.75. The smallest absolute Gasteiger partial charge is 0.330 e. The summed E-state index contributed by atoms with van der Waals surface area (Å²) in [6, 6.07) is 0. The van der Waals surface area contributed by atoms with Crippen LogP contribution in [0.1, 0.15) is 65.7 Å². The molecular formula is C32H44O8. The van der Waals surface area contributed by atoms with Crippen LogP contribution in [-0.2, 0) is 33.3 Å². The van der Waals surface area contributed by atoms with Gasteiger partial charge in [0.05, 0.1) is 37.1 Å². The van der Waals surface area contributed by atoms with Gasteiger partial charge in [0, 0.05) is 19.4 Å². The lowest BCUT2D eigenvalue weighted by Gasteiger charge is -2.28. The topological polar surface area (TPSA) is 104 Å². The Kier molecular flexibility index (Phi) is 11.0. The van der Waals surface area contributed by atoms with E-state index < -0.39 is 36.4 Å². The highest BCUT2D eigenvalue weighted by molar-refractivity contribution is 5.82. The molecule has 4 aliphatic heterocycles. The van der Waals surface area contributed by atoms with Crippen molar-refractivity contribution in [2.75, 3.05) is 6.61 Å². The summed E-state index contributed by atoms with van der Waals surface area (Å²) in [4.78, 5) is 24.9. The predicted octanol–water partition coefficient (Wildman–Crippen LogP) is 4.68. The van der Waals surface area contributed by atoms with Gasteiger partial charge in [0.2, 0.25) is 0 Å². The van der Waals surface area contributed by atoms with Crippen molar-refractivity contribution in [3.63, 3.8) is 0 Å². The zero-order valence-corrected chi connectivity index (χ0v) is 23.9. The van der Waals surface area contributed by atoms with Crippen LogP contribution in [-0.4, -0.2) is 72.5 Å². The van der Waals surface area contributed by atoms with Crippen LogP contribution >= 0.6 is 0 Å². The van der Waals surface area contributed by atoms with Gasteiger partial charge in [-0.05, 0) is 57.4 Å². The number of esters is 2. The number of carbonyl (C=O) groups excluding carboxylic acids is 2. The van der Waals surface area contributed by atoms with Gasteiger partial charge >= 0.3 is 11.9 Å². The molecule has 0 aromatic carbocycles. The standard InChI is InChI=1S/C32H44O8/c1-20-13-14-36-25(16-20)11-12-28(37-23(4)33)29-19-30-32(40-30)27(34)18-22(3)15-21(2)17-26-9-5-7-24(38-26)8-6-10-31(35)39-29/h5-7,10-13,21,24-30,32,34H,3,8-9,14-19H2,1-2,4H3/t21-,24-,25+,26-,27-,28-,29-,30-,32-/m0/s1. The number of fused-ring (bicyclic) bond motifs is 3. The molecule has 220 valence electrons. The summed E-state index contributed by atoms with van der Waals surface area (Å²) in [5.74, 6) is -0.665. The minimum atomic E-state index is -0.835. The van der Waals surface area contributed by atoms with E-state index in [2.05, 4.69) is 19.6 Å². The Morgan fingerprint density at radius 3 is 2.77 bits per heavy atom. The first-order valence-corrected chi connectivity index (χ1v) is 14.5. The number of aliphatic hydroxyl groups excluding tert-OH is 1. The van der Waals surface area contributed by atoms with Gasteiger partial charge in [-0.1, -0.05) is 55.0 Å². The van der Waals surface area contributed by atoms with Crippen molar-refractivity contribution in [3.8, 4) is 0 Å². The average Bonchev–Trinajstić information content (AvgIpc) is 3.65. The van der Waals surface area contributed by atoms with E-state index in [0.29, 0.717) is 25.4 Å². The van der Waals surface area contributed by atoms with Crippen molar-refractivity contribution in [3.05, 3.63) is 60.3 Å². The van der Waals surface area contributed by atoms with Gasteiger partial charge in [-0.2, -0.15) is 0 Å². The Labute approximate surface area is 237 Å². The molecule has 0 amide bonds. The Morgan fingerprint density at radius 2 is 2.00 bits per heavy atom. The van der Waals surface area contributed by atoms with Crippen molar-refractivity contribution in [2.24, 2.45) is 5.92 Å². The summed E-state index contributed by atoms with van der Waals surface area (Å²) < 4.78 is 29.3. The van der Waals surface area contributed by atoms with Gasteiger partial charge < -0.3 is 28.8 Å². The number of hydrogen-bond donors (Lipinski definition) is 1. The summed E-state index contributed by atoms with van der Waals surface area (Å²) in [7, 11) is 0. The average molecular weight is 557 g/mol. The molecule has 40 heavy (non-hydrogen) atoms. The van der Waals surface area contributed by atoms with Crippen molar-refractivity contribution >= 4 is 11.9 Å². The van der Waals surface area contributed by atoms with Crippen LogP contribution in [0.4, 0.5) is 0 Å². The van der Waals surface area contributed by atoms with E-state index in [0.717, 1.165) is 31.3 Å². The quantitative estimate of drug-likeness (QED) is 0.303. The van der Waals surface area contributed by atoms with Crippen LogP contribution in [0.25, 0.3) is 0 Å². The zero-order valence-electron chi connectivity index (χ0n) is 23.9. The molecule has 0 aliphatic carbocycles. The van der Waals surface area contributed by atoms with E-state index in [9.17, 15) is 14.7 Å². The van der Waals surface area contributed by atoms with Crippen molar-refractivity contribution in [1.29, 1.82) is 0 Å². The summed E-state index contributed by atoms with van der Waals surface area (Å²) >= 11 is 0. The molecule has 0 spiro atoms. The molecule has 0 saturated carbocycles. The molecule has 1 saturated heterocycles. The third-order valence-electron chi connectivity index (χ3n) is 7.72. The minimum absolute atomic E-state index is 0.103. The van der Waals surface area contributed by atoms with E-state index in [1.165, 1.54) is 18.6 Å². The highest BCUT2D eigenvalue weighted by Crippen LogP contribution is 2.35. The highest BCUT2D eigenvalue weighted by Gasteiger charge is 2.47. The van der Waals surface area contributed by atoms with Gasteiger partial charge in [0.25, 0.3) is 0 Å². The summed E-state index contributed by atoms with van der Waals surface area (Å²) in [5.41, 5.74) is 2.20. The monoisotopic (exact) mass is 556 g/mol. The van der Waals surface area contributed by atoms with Crippen LogP contribution in [0, 0.1) is 5.92 Å². The van der Waals surface area contributed by atoms with Crippen LogP contribution in [0.2, 0.25) is 0 Å². The number of cyclic esters (lactones) is 1. The van der Waals surface area contributed by atoms with E-state index in [4.69, 9.17) is 23.7 Å². The maximum Gasteiger partial charge on any atom is 0.330 e. The molecule has 2 bridgehead atoms. The van der Waals surface area contributed by atoms with Gasteiger partial charge in [-0.3, -0.25) is 4.79 Å². The summed E-state index contributed by atoms with van der Waals surface area (Å²) in [6.07, 6.45) is 14.2. The normalized spacial score (nSPS) is 36.5. The molecule has 1 N–H and O–H groups in total. The Bertz CT molecular complexity index is 1030. The molecule has 4 heterocycles. The number of aliphatic hydroxyl groups is 1. The molecule has 4 rings (SSSR count). The Balaban J connectivity index is 1.52. The molecule has 0 aromatic heterocycles. The van der Waals surface area contributed by atoms with E-state index in [1.54, 1.807) is 12.2 Å². The number of carbonyl (C=O) groups is 2. The lowest BCUT2D eigenvalue weighted by atomic mass is 9.91. The lowest BCUT2D eigenvalue weighted by Crippen LogP contribution is -2.35. The first kappa shape index (κ1) is 30.4. The fourth-order valence-electron chi connectivity index (χ4n) is 5.75. The van der Waals surface area contributed by atoms with Gasteiger partial charge in [-0.25, -0.2) is 4.79 Å². The lowest BCUT2D eigenvalue weighted by molar-refractivity contribution is -0.160. The van der Waals surface area contributed by atoms with Crippen LogP contribution < -0.4 is 0 Å². The molecule has 0 radical (unpaired) electrons. The molecular weight excluding hydrogens is 512 g/mol. The Hall–Kier alpha value is -2.52. The van der Waals surface area contributed by atoms with Crippen LogP contribution in [0.15, 0.2) is 60.3 Å². The van der Waals surface area contributed by atoms with E-state index in [-0.39, 0.29) is 30.8 Å². The molecule has 8 heteroatoms. The number of epoxide rings is 1. The molecule has 4 aliphatic rings. The number of rotatable bonds is 4. The van der Waals surface area contributed by atoms with E-state index in [1.807, 2.05) is 25.2 Å². The third kappa shape index (κ3) is 9.54. The minimum Gasteiger partial charge on any atom is -0.455 e. The first-order chi connectivity index (χ1) is 19.2. The molecule has 0 unspecified atom stereocenters.